The molecule has 1 aliphatic heterocycles. The molecule has 106 valence electrons. The number of amides is 1. The Bertz CT molecular complexity index is 632. The molecular formula is C16H20N2O2. The van der Waals surface area contributed by atoms with Crippen LogP contribution in [-0.2, 0) is 11.2 Å². The summed E-state index contributed by atoms with van der Waals surface area (Å²) < 4.78 is 5.29. The minimum absolute atomic E-state index is 0.160. The Labute approximate surface area is 118 Å². The van der Waals surface area contributed by atoms with Gasteiger partial charge in [-0.15, -0.1) is 0 Å². The molecule has 1 aliphatic rings. The molecule has 0 aliphatic carbocycles. The molecule has 2 heterocycles. The van der Waals surface area contributed by atoms with Gasteiger partial charge < -0.3 is 9.42 Å². The third-order valence-electron chi connectivity index (χ3n) is 4.03. The lowest BCUT2D eigenvalue weighted by Crippen LogP contribution is -2.40. The van der Waals surface area contributed by atoms with Crippen LogP contribution in [0.5, 0.6) is 0 Å². The first-order valence-electron chi connectivity index (χ1n) is 7.26. The van der Waals surface area contributed by atoms with Crippen molar-refractivity contribution in [3.05, 3.63) is 29.5 Å². The van der Waals surface area contributed by atoms with Gasteiger partial charge in [-0.1, -0.05) is 23.7 Å². The van der Waals surface area contributed by atoms with Crippen LogP contribution in [0.1, 0.15) is 31.0 Å². The number of hydrogen-bond acceptors (Lipinski definition) is 3. The average Bonchev–Trinajstić information content (AvgIpc) is 2.81. The standard InChI is InChI=1S/C16H20N2O2/c1-11-5-6-15-13(8-11)14(17-20-15)9-16(19)18-7-3-4-12(2)10-18/h5-6,8,12H,3-4,7,9-10H2,1-2H3. The molecule has 1 aromatic carbocycles. The Hall–Kier alpha value is -1.84. The lowest BCUT2D eigenvalue weighted by molar-refractivity contribution is -0.132. The second kappa shape index (κ2) is 5.27. The molecule has 20 heavy (non-hydrogen) atoms. The zero-order valence-corrected chi connectivity index (χ0v) is 12.1. The number of fused-ring (bicyclic) bond motifs is 1. The van der Waals surface area contributed by atoms with Crippen LogP contribution in [0.4, 0.5) is 0 Å². The number of rotatable bonds is 2. The van der Waals surface area contributed by atoms with E-state index in [1.54, 1.807) is 0 Å². The molecule has 1 aromatic heterocycles. The van der Waals surface area contributed by atoms with Crippen LogP contribution < -0.4 is 0 Å². The first-order valence-corrected chi connectivity index (χ1v) is 7.26. The number of aromatic nitrogens is 1. The first kappa shape index (κ1) is 13.2. The number of benzene rings is 1. The van der Waals surface area contributed by atoms with Gasteiger partial charge in [0.2, 0.25) is 5.91 Å². The van der Waals surface area contributed by atoms with Crippen molar-refractivity contribution < 1.29 is 9.32 Å². The van der Waals surface area contributed by atoms with Crippen molar-refractivity contribution >= 4 is 16.9 Å². The van der Waals surface area contributed by atoms with Gasteiger partial charge in [0.15, 0.2) is 5.58 Å². The summed E-state index contributed by atoms with van der Waals surface area (Å²) in [6.07, 6.45) is 2.66. The van der Waals surface area contributed by atoms with Crippen LogP contribution in [-0.4, -0.2) is 29.1 Å². The molecule has 1 fully saturated rings. The smallest absolute Gasteiger partial charge is 0.228 e. The number of aryl methyl sites for hydroxylation is 1. The number of piperidine rings is 1. The molecule has 4 nitrogen and oxygen atoms in total. The fourth-order valence-corrected chi connectivity index (χ4v) is 2.90. The molecule has 3 rings (SSSR count). The van der Waals surface area contributed by atoms with Gasteiger partial charge in [-0.3, -0.25) is 4.79 Å². The molecule has 1 amide bonds. The van der Waals surface area contributed by atoms with Gasteiger partial charge >= 0.3 is 0 Å². The van der Waals surface area contributed by atoms with Gasteiger partial charge in [0.25, 0.3) is 0 Å². The number of nitrogens with zero attached hydrogens (tertiary/aromatic N) is 2. The highest BCUT2D eigenvalue weighted by Crippen LogP contribution is 2.22. The van der Waals surface area contributed by atoms with Crippen molar-refractivity contribution in [3.8, 4) is 0 Å². The normalized spacial score (nSPS) is 19.5. The van der Waals surface area contributed by atoms with E-state index in [4.69, 9.17) is 4.52 Å². The first-order chi connectivity index (χ1) is 9.63. The third kappa shape index (κ3) is 2.55. The molecule has 0 saturated carbocycles. The van der Waals surface area contributed by atoms with Gasteiger partial charge in [-0.05, 0) is 37.8 Å². The fourth-order valence-electron chi connectivity index (χ4n) is 2.90. The van der Waals surface area contributed by atoms with Crippen LogP contribution in [0.2, 0.25) is 0 Å². The highest BCUT2D eigenvalue weighted by atomic mass is 16.5. The quantitative estimate of drug-likeness (QED) is 0.844. The Morgan fingerprint density at radius 2 is 2.35 bits per heavy atom. The summed E-state index contributed by atoms with van der Waals surface area (Å²) in [5.74, 6) is 0.761. The summed E-state index contributed by atoms with van der Waals surface area (Å²) in [4.78, 5) is 14.3. The Balaban J connectivity index is 1.78. The monoisotopic (exact) mass is 272 g/mol. The van der Waals surface area contributed by atoms with Crippen molar-refractivity contribution in [3.63, 3.8) is 0 Å². The Kier molecular flexibility index (Phi) is 3.47. The SMILES string of the molecule is Cc1ccc2onc(CC(=O)N3CCCC(C)C3)c2c1. The van der Waals surface area contributed by atoms with E-state index in [-0.39, 0.29) is 5.91 Å². The minimum Gasteiger partial charge on any atom is -0.356 e. The zero-order valence-electron chi connectivity index (χ0n) is 12.1. The van der Waals surface area contributed by atoms with Crippen LogP contribution >= 0.6 is 0 Å². The summed E-state index contributed by atoms with van der Waals surface area (Å²) in [7, 11) is 0. The summed E-state index contributed by atoms with van der Waals surface area (Å²) >= 11 is 0. The van der Waals surface area contributed by atoms with Crippen LogP contribution in [0, 0.1) is 12.8 Å². The summed E-state index contributed by atoms with van der Waals surface area (Å²) in [5, 5.41) is 5.03. The molecule has 0 spiro atoms. The predicted molar refractivity (Wildman–Crippen MR) is 77.4 cm³/mol. The van der Waals surface area contributed by atoms with E-state index in [0.29, 0.717) is 12.3 Å². The van der Waals surface area contributed by atoms with Gasteiger partial charge in [0.05, 0.1) is 6.42 Å². The molecule has 0 N–H and O–H groups in total. The number of likely N-dealkylation sites (tertiary alicyclic amines) is 1. The molecular weight excluding hydrogens is 252 g/mol. The van der Waals surface area contributed by atoms with Crippen molar-refractivity contribution in [1.82, 2.24) is 10.1 Å². The highest BCUT2D eigenvalue weighted by molar-refractivity contribution is 5.86. The van der Waals surface area contributed by atoms with Gasteiger partial charge in [0.1, 0.15) is 5.69 Å². The van der Waals surface area contributed by atoms with E-state index < -0.39 is 0 Å². The Morgan fingerprint density at radius 1 is 1.50 bits per heavy atom. The van der Waals surface area contributed by atoms with E-state index in [1.807, 2.05) is 30.0 Å². The molecule has 0 radical (unpaired) electrons. The van der Waals surface area contributed by atoms with Crippen molar-refractivity contribution in [2.75, 3.05) is 13.1 Å². The van der Waals surface area contributed by atoms with Crippen molar-refractivity contribution in [1.29, 1.82) is 0 Å². The molecule has 1 atom stereocenters. The van der Waals surface area contributed by atoms with E-state index in [2.05, 4.69) is 12.1 Å². The maximum absolute atomic E-state index is 12.4. The average molecular weight is 272 g/mol. The largest absolute Gasteiger partial charge is 0.356 e. The van der Waals surface area contributed by atoms with Crippen LogP contribution in [0.15, 0.2) is 22.7 Å². The third-order valence-corrected chi connectivity index (χ3v) is 4.03. The van der Waals surface area contributed by atoms with Gasteiger partial charge in [0, 0.05) is 18.5 Å². The van der Waals surface area contributed by atoms with Gasteiger partial charge in [-0.25, -0.2) is 0 Å². The highest BCUT2D eigenvalue weighted by Gasteiger charge is 2.22. The maximum Gasteiger partial charge on any atom is 0.228 e. The molecule has 1 saturated heterocycles. The molecule has 4 heteroatoms. The molecule has 1 unspecified atom stereocenters. The predicted octanol–water partition coefficient (Wildman–Crippen LogP) is 2.94. The zero-order chi connectivity index (χ0) is 14.1. The van der Waals surface area contributed by atoms with E-state index in [0.717, 1.165) is 41.7 Å². The van der Waals surface area contributed by atoms with Crippen LogP contribution in [0.3, 0.4) is 0 Å². The topological polar surface area (TPSA) is 46.3 Å². The lowest BCUT2D eigenvalue weighted by Gasteiger charge is -2.30. The van der Waals surface area contributed by atoms with Gasteiger partial charge in [-0.2, -0.15) is 0 Å². The summed E-state index contributed by atoms with van der Waals surface area (Å²) in [6.45, 7) is 5.98. The second-order valence-corrected chi connectivity index (χ2v) is 5.89. The van der Waals surface area contributed by atoms with E-state index in [1.165, 1.54) is 6.42 Å². The minimum atomic E-state index is 0.160. The van der Waals surface area contributed by atoms with E-state index >= 15 is 0 Å². The Morgan fingerprint density at radius 3 is 3.15 bits per heavy atom. The molecule has 0 bridgehead atoms. The fraction of sp³-hybridized carbons (Fsp3) is 0.500. The maximum atomic E-state index is 12.4. The second-order valence-electron chi connectivity index (χ2n) is 5.89. The number of carbonyl (C=O) groups excluding carboxylic acids is 1. The lowest BCUT2D eigenvalue weighted by atomic mass is 10.00. The van der Waals surface area contributed by atoms with Crippen LogP contribution in [0.25, 0.3) is 11.0 Å². The molecule has 2 aromatic rings. The number of carbonyl (C=O) groups is 1. The van der Waals surface area contributed by atoms with Crippen molar-refractivity contribution in [2.24, 2.45) is 5.92 Å². The van der Waals surface area contributed by atoms with E-state index in [9.17, 15) is 4.79 Å². The van der Waals surface area contributed by atoms with Crippen molar-refractivity contribution in [2.45, 2.75) is 33.1 Å². The number of hydrogen-bond donors (Lipinski definition) is 0. The summed E-state index contributed by atoms with van der Waals surface area (Å²) in [6, 6.07) is 5.94. The summed E-state index contributed by atoms with van der Waals surface area (Å²) in [5.41, 5.74) is 2.67.